The normalized spacial score (nSPS) is 10.9. The monoisotopic (exact) mass is 380 g/mol. The van der Waals surface area contributed by atoms with Gasteiger partial charge in [-0.3, -0.25) is 14.4 Å². The molecule has 2 aromatic carbocycles. The van der Waals surface area contributed by atoms with Gasteiger partial charge in [-0.15, -0.1) is 0 Å². The standard InChI is InChI=1S/C18H15F3N2O4/c19-18(20,21)12-5-3-4-11(8-12)9-16(25)27-10-15(24)23-14-7-2-1-6-13(14)17(22)26/h1-8H,9-10H2,(H2,22,26)(H,23,24). The minimum Gasteiger partial charge on any atom is -0.455 e. The van der Waals surface area contributed by atoms with Crippen LogP contribution >= 0.6 is 0 Å². The minimum atomic E-state index is -4.52. The summed E-state index contributed by atoms with van der Waals surface area (Å²) in [6.45, 7) is -0.662. The van der Waals surface area contributed by atoms with E-state index in [4.69, 9.17) is 10.5 Å². The Balaban J connectivity index is 1.91. The highest BCUT2D eigenvalue weighted by Crippen LogP contribution is 2.29. The third-order valence-electron chi connectivity index (χ3n) is 3.43. The fraction of sp³-hybridized carbons (Fsp3) is 0.167. The van der Waals surface area contributed by atoms with Gasteiger partial charge in [0.05, 0.1) is 23.2 Å². The highest BCUT2D eigenvalue weighted by molar-refractivity contribution is 6.03. The van der Waals surface area contributed by atoms with Crippen molar-refractivity contribution in [1.82, 2.24) is 0 Å². The topological polar surface area (TPSA) is 98.5 Å². The summed E-state index contributed by atoms with van der Waals surface area (Å²) in [5.74, 6) is -2.33. The van der Waals surface area contributed by atoms with Crippen molar-refractivity contribution in [3.63, 3.8) is 0 Å². The van der Waals surface area contributed by atoms with Crippen molar-refractivity contribution in [3.05, 3.63) is 65.2 Å². The molecule has 0 bridgehead atoms. The summed E-state index contributed by atoms with van der Waals surface area (Å²) in [6, 6.07) is 10.2. The molecule has 2 rings (SSSR count). The third-order valence-corrected chi connectivity index (χ3v) is 3.43. The van der Waals surface area contributed by atoms with Crippen LogP contribution in [0.1, 0.15) is 21.5 Å². The van der Waals surface area contributed by atoms with Gasteiger partial charge in [0.15, 0.2) is 6.61 Å². The van der Waals surface area contributed by atoms with E-state index in [9.17, 15) is 27.6 Å². The van der Waals surface area contributed by atoms with E-state index in [2.05, 4.69) is 5.32 Å². The molecule has 142 valence electrons. The van der Waals surface area contributed by atoms with E-state index in [1.807, 2.05) is 0 Å². The Morgan fingerprint density at radius 2 is 1.74 bits per heavy atom. The van der Waals surface area contributed by atoms with Crippen LogP contribution in [0, 0.1) is 0 Å². The molecule has 0 aliphatic carbocycles. The number of hydrogen-bond acceptors (Lipinski definition) is 4. The number of amides is 2. The van der Waals surface area contributed by atoms with Crippen LogP contribution in [0.5, 0.6) is 0 Å². The predicted octanol–water partition coefficient (Wildman–Crippen LogP) is 2.53. The minimum absolute atomic E-state index is 0.0844. The Bertz CT molecular complexity index is 866. The summed E-state index contributed by atoms with van der Waals surface area (Å²) < 4.78 is 42.7. The van der Waals surface area contributed by atoms with Crippen molar-refractivity contribution in [2.75, 3.05) is 11.9 Å². The molecule has 0 aromatic heterocycles. The van der Waals surface area contributed by atoms with E-state index in [1.165, 1.54) is 24.3 Å². The Kier molecular flexibility index (Phi) is 6.17. The van der Waals surface area contributed by atoms with Crippen LogP contribution in [0.25, 0.3) is 0 Å². The highest BCUT2D eigenvalue weighted by Gasteiger charge is 2.30. The van der Waals surface area contributed by atoms with Crippen LogP contribution in [-0.4, -0.2) is 24.4 Å². The van der Waals surface area contributed by atoms with Crippen molar-refractivity contribution < 1.29 is 32.3 Å². The Hall–Kier alpha value is -3.36. The first-order valence-corrected chi connectivity index (χ1v) is 7.67. The molecule has 0 aliphatic heterocycles. The van der Waals surface area contributed by atoms with Gasteiger partial charge in [0.2, 0.25) is 0 Å². The van der Waals surface area contributed by atoms with E-state index in [0.29, 0.717) is 0 Å². The highest BCUT2D eigenvalue weighted by atomic mass is 19.4. The molecule has 0 saturated carbocycles. The Morgan fingerprint density at radius 3 is 2.41 bits per heavy atom. The van der Waals surface area contributed by atoms with Gasteiger partial charge in [-0.25, -0.2) is 0 Å². The van der Waals surface area contributed by atoms with Gasteiger partial charge in [0.25, 0.3) is 11.8 Å². The number of esters is 1. The van der Waals surface area contributed by atoms with Crippen LogP contribution in [0.15, 0.2) is 48.5 Å². The lowest BCUT2D eigenvalue weighted by Crippen LogP contribution is -2.23. The summed E-state index contributed by atoms with van der Waals surface area (Å²) in [6.07, 6.45) is -4.94. The maximum Gasteiger partial charge on any atom is 0.416 e. The molecule has 0 fully saturated rings. The molecule has 0 radical (unpaired) electrons. The fourth-order valence-corrected chi connectivity index (χ4v) is 2.21. The zero-order valence-electron chi connectivity index (χ0n) is 13.9. The lowest BCUT2D eigenvalue weighted by Gasteiger charge is -2.10. The van der Waals surface area contributed by atoms with Crippen molar-refractivity contribution in [3.8, 4) is 0 Å². The number of alkyl halides is 3. The van der Waals surface area contributed by atoms with Crippen LogP contribution in [0.3, 0.4) is 0 Å². The largest absolute Gasteiger partial charge is 0.455 e. The third kappa shape index (κ3) is 5.84. The summed E-state index contributed by atoms with van der Waals surface area (Å²) in [5.41, 5.74) is 4.65. The first kappa shape index (κ1) is 20.0. The maximum absolute atomic E-state index is 12.7. The zero-order valence-corrected chi connectivity index (χ0v) is 13.9. The quantitative estimate of drug-likeness (QED) is 0.753. The maximum atomic E-state index is 12.7. The zero-order chi connectivity index (χ0) is 20.0. The molecule has 0 aliphatic rings. The molecule has 2 amide bonds. The van der Waals surface area contributed by atoms with Crippen molar-refractivity contribution in [1.29, 1.82) is 0 Å². The summed E-state index contributed by atoms with van der Waals surface area (Å²) >= 11 is 0. The number of carbonyl (C=O) groups is 3. The van der Waals surface area contributed by atoms with Crippen molar-refractivity contribution in [2.24, 2.45) is 5.73 Å². The lowest BCUT2D eigenvalue weighted by molar-refractivity contribution is -0.146. The van der Waals surface area contributed by atoms with Crippen molar-refractivity contribution >= 4 is 23.5 Å². The van der Waals surface area contributed by atoms with Gasteiger partial charge in [-0.05, 0) is 23.8 Å². The molecule has 0 saturated heterocycles. The molecule has 6 nitrogen and oxygen atoms in total. The molecular weight excluding hydrogens is 365 g/mol. The number of carbonyl (C=O) groups excluding carboxylic acids is 3. The predicted molar refractivity (Wildman–Crippen MR) is 89.7 cm³/mol. The van der Waals surface area contributed by atoms with Crippen LogP contribution in [0.4, 0.5) is 18.9 Å². The van der Waals surface area contributed by atoms with Gasteiger partial charge >= 0.3 is 12.1 Å². The van der Waals surface area contributed by atoms with Gasteiger partial charge in [0, 0.05) is 0 Å². The molecule has 0 heterocycles. The number of nitrogens with two attached hydrogens (primary N) is 1. The molecular formula is C18H15F3N2O4. The first-order valence-electron chi connectivity index (χ1n) is 7.67. The van der Waals surface area contributed by atoms with Crippen LogP contribution < -0.4 is 11.1 Å². The lowest BCUT2D eigenvalue weighted by atomic mass is 10.1. The van der Waals surface area contributed by atoms with E-state index in [1.54, 1.807) is 12.1 Å². The number of rotatable bonds is 6. The van der Waals surface area contributed by atoms with Crippen molar-refractivity contribution in [2.45, 2.75) is 12.6 Å². The van der Waals surface area contributed by atoms with Gasteiger partial charge < -0.3 is 15.8 Å². The number of hydrogen-bond donors (Lipinski definition) is 2. The van der Waals surface area contributed by atoms with Gasteiger partial charge in [-0.2, -0.15) is 13.2 Å². The number of benzene rings is 2. The summed E-state index contributed by atoms with van der Waals surface area (Å²) in [7, 11) is 0. The number of para-hydroxylation sites is 1. The fourth-order valence-electron chi connectivity index (χ4n) is 2.21. The van der Waals surface area contributed by atoms with Gasteiger partial charge in [-0.1, -0.05) is 30.3 Å². The molecule has 0 unspecified atom stereocenters. The van der Waals surface area contributed by atoms with E-state index in [0.717, 1.165) is 12.1 Å². The van der Waals surface area contributed by atoms with Gasteiger partial charge in [0.1, 0.15) is 0 Å². The van der Waals surface area contributed by atoms with Crippen LogP contribution in [0.2, 0.25) is 0 Å². The molecule has 2 aromatic rings. The Morgan fingerprint density at radius 1 is 1.04 bits per heavy atom. The average Bonchev–Trinajstić information content (AvgIpc) is 2.60. The molecule has 0 spiro atoms. The number of ether oxygens (including phenoxy) is 1. The molecule has 9 heteroatoms. The second-order valence-corrected chi connectivity index (χ2v) is 5.49. The van der Waals surface area contributed by atoms with E-state index >= 15 is 0 Å². The number of nitrogens with one attached hydrogen (secondary N) is 1. The smallest absolute Gasteiger partial charge is 0.416 e. The Labute approximate surface area is 152 Å². The number of primary amides is 1. The summed E-state index contributed by atoms with van der Waals surface area (Å²) in [4.78, 5) is 34.9. The second kappa shape index (κ2) is 8.35. The second-order valence-electron chi connectivity index (χ2n) is 5.49. The number of anilines is 1. The van der Waals surface area contributed by atoms with E-state index < -0.39 is 42.6 Å². The molecule has 0 atom stereocenters. The first-order chi connectivity index (χ1) is 12.7. The SMILES string of the molecule is NC(=O)c1ccccc1NC(=O)COC(=O)Cc1cccc(C(F)(F)F)c1. The molecule has 3 N–H and O–H groups in total. The summed E-state index contributed by atoms with van der Waals surface area (Å²) in [5, 5.41) is 2.37. The van der Waals surface area contributed by atoms with Crippen LogP contribution in [-0.2, 0) is 26.9 Å². The molecule has 27 heavy (non-hydrogen) atoms. The van der Waals surface area contributed by atoms with E-state index in [-0.39, 0.29) is 16.8 Å². The average molecular weight is 380 g/mol. The number of halogens is 3.